The number of nitrogens with two attached hydrogens (primary N) is 1. The largest absolute Gasteiger partial charge is 0.369 e. The van der Waals surface area contributed by atoms with Crippen molar-refractivity contribution in [1.82, 2.24) is 19.7 Å². The lowest BCUT2D eigenvalue weighted by Gasteiger charge is -2.04. The van der Waals surface area contributed by atoms with E-state index < -0.39 is 0 Å². The van der Waals surface area contributed by atoms with E-state index in [-0.39, 0.29) is 0 Å². The lowest BCUT2D eigenvalue weighted by Crippen LogP contribution is -2.06. The molecule has 3 rings (SSSR count). The van der Waals surface area contributed by atoms with E-state index in [1.54, 1.807) is 0 Å². The van der Waals surface area contributed by atoms with E-state index in [9.17, 15) is 0 Å². The molecular weight excluding hydrogens is 345 g/mol. The van der Waals surface area contributed by atoms with Crippen LogP contribution in [0.3, 0.4) is 0 Å². The number of aryl methyl sites for hydroxylation is 2. The standard InChI is InChI=1S/C11H10IN5O/c12-7-1-2-9-8(5-7)15-11(13)17(9)4-3-10-14-6-18-16-10/h1-2,5-6H,3-4H2,(H2,13,15). The van der Waals surface area contributed by atoms with Crippen molar-refractivity contribution >= 4 is 39.6 Å². The smallest absolute Gasteiger partial charge is 0.213 e. The number of aromatic nitrogens is 4. The average molecular weight is 355 g/mol. The van der Waals surface area contributed by atoms with E-state index in [0.717, 1.165) is 14.6 Å². The molecule has 0 saturated heterocycles. The molecule has 0 unspecified atom stereocenters. The Labute approximate surface area is 116 Å². The third-order valence-electron chi connectivity index (χ3n) is 2.71. The summed E-state index contributed by atoms with van der Waals surface area (Å²) in [5.41, 5.74) is 7.86. The third kappa shape index (κ3) is 2.05. The Balaban J connectivity index is 1.93. The monoisotopic (exact) mass is 355 g/mol. The second-order valence-electron chi connectivity index (χ2n) is 3.85. The van der Waals surface area contributed by atoms with Crippen LogP contribution in [-0.4, -0.2) is 19.7 Å². The number of hydrogen-bond acceptors (Lipinski definition) is 5. The Morgan fingerprint density at radius 1 is 1.39 bits per heavy atom. The normalized spacial score (nSPS) is 11.2. The van der Waals surface area contributed by atoms with Crippen LogP contribution in [0.15, 0.2) is 29.1 Å². The summed E-state index contributed by atoms with van der Waals surface area (Å²) in [5, 5.41) is 3.78. The number of rotatable bonds is 3. The van der Waals surface area contributed by atoms with Crippen LogP contribution in [0.1, 0.15) is 5.82 Å². The Bertz CT molecular complexity index is 676. The van der Waals surface area contributed by atoms with Gasteiger partial charge in [0.25, 0.3) is 0 Å². The van der Waals surface area contributed by atoms with E-state index in [4.69, 9.17) is 10.3 Å². The SMILES string of the molecule is Nc1nc2cc(I)ccc2n1CCc1ncon1. The molecule has 0 aliphatic carbocycles. The van der Waals surface area contributed by atoms with Crippen molar-refractivity contribution in [2.24, 2.45) is 0 Å². The molecule has 0 aliphatic rings. The van der Waals surface area contributed by atoms with Gasteiger partial charge in [0.05, 0.1) is 11.0 Å². The first kappa shape index (κ1) is 11.5. The Morgan fingerprint density at radius 3 is 3.06 bits per heavy atom. The summed E-state index contributed by atoms with van der Waals surface area (Å²) in [7, 11) is 0. The minimum absolute atomic E-state index is 0.510. The quantitative estimate of drug-likeness (QED) is 0.725. The van der Waals surface area contributed by atoms with Gasteiger partial charge < -0.3 is 14.8 Å². The van der Waals surface area contributed by atoms with Crippen LogP contribution in [0.2, 0.25) is 0 Å². The van der Waals surface area contributed by atoms with Gasteiger partial charge in [0.1, 0.15) is 0 Å². The van der Waals surface area contributed by atoms with Gasteiger partial charge in [-0.25, -0.2) is 4.98 Å². The molecule has 0 aliphatic heterocycles. The fourth-order valence-corrected chi connectivity index (χ4v) is 2.35. The first-order chi connectivity index (χ1) is 8.74. The number of hydrogen-bond donors (Lipinski definition) is 1. The molecule has 18 heavy (non-hydrogen) atoms. The van der Waals surface area contributed by atoms with Gasteiger partial charge in [0.2, 0.25) is 12.3 Å². The van der Waals surface area contributed by atoms with Crippen molar-refractivity contribution in [2.75, 3.05) is 5.73 Å². The minimum atomic E-state index is 0.510. The number of nitrogens with zero attached hydrogens (tertiary/aromatic N) is 4. The number of benzene rings is 1. The van der Waals surface area contributed by atoms with E-state index in [1.165, 1.54) is 6.39 Å². The lowest BCUT2D eigenvalue weighted by atomic mass is 10.3. The van der Waals surface area contributed by atoms with E-state index in [1.807, 2.05) is 22.8 Å². The number of nitrogen functional groups attached to an aromatic ring is 1. The summed E-state index contributed by atoms with van der Waals surface area (Å²) in [6, 6.07) is 6.07. The molecule has 0 atom stereocenters. The zero-order valence-corrected chi connectivity index (χ0v) is 11.5. The highest BCUT2D eigenvalue weighted by Gasteiger charge is 2.09. The maximum Gasteiger partial charge on any atom is 0.213 e. The zero-order valence-electron chi connectivity index (χ0n) is 9.38. The summed E-state index contributed by atoms with van der Waals surface area (Å²) >= 11 is 2.26. The summed E-state index contributed by atoms with van der Waals surface area (Å²) in [6.07, 6.45) is 1.99. The summed E-state index contributed by atoms with van der Waals surface area (Å²) in [6.45, 7) is 0.683. The van der Waals surface area contributed by atoms with Crippen molar-refractivity contribution in [2.45, 2.75) is 13.0 Å². The molecular formula is C11H10IN5O. The van der Waals surface area contributed by atoms with Gasteiger partial charge in [-0.15, -0.1) is 0 Å². The molecule has 0 saturated carbocycles. The van der Waals surface area contributed by atoms with Gasteiger partial charge in [-0.1, -0.05) is 5.16 Å². The zero-order chi connectivity index (χ0) is 12.5. The van der Waals surface area contributed by atoms with Gasteiger partial charge in [0, 0.05) is 16.5 Å². The predicted molar refractivity (Wildman–Crippen MR) is 74.9 cm³/mol. The average Bonchev–Trinajstić information content (AvgIpc) is 2.93. The van der Waals surface area contributed by atoms with Crippen molar-refractivity contribution in [3.8, 4) is 0 Å². The number of fused-ring (bicyclic) bond motifs is 1. The van der Waals surface area contributed by atoms with Gasteiger partial charge in [-0.05, 0) is 40.8 Å². The van der Waals surface area contributed by atoms with Gasteiger partial charge >= 0.3 is 0 Å². The molecule has 0 fully saturated rings. The fraction of sp³-hybridized carbons (Fsp3) is 0.182. The Hall–Kier alpha value is -1.64. The van der Waals surface area contributed by atoms with Crippen LogP contribution in [0.4, 0.5) is 5.95 Å². The highest BCUT2D eigenvalue weighted by Crippen LogP contribution is 2.20. The first-order valence-corrected chi connectivity index (χ1v) is 6.48. The molecule has 7 heteroatoms. The number of imidazole rings is 1. The van der Waals surface area contributed by atoms with Crippen LogP contribution in [0, 0.1) is 3.57 Å². The molecule has 2 heterocycles. The topological polar surface area (TPSA) is 82.8 Å². The second kappa shape index (κ2) is 4.56. The molecule has 0 bridgehead atoms. The molecule has 0 spiro atoms. The lowest BCUT2D eigenvalue weighted by molar-refractivity contribution is 0.408. The molecule has 92 valence electrons. The van der Waals surface area contributed by atoms with E-state index in [0.29, 0.717) is 24.7 Å². The predicted octanol–water partition coefficient (Wildman–Crippen LogP) is 1.85. The maximum absolute atomic E-state index is 5.93. The molecule has 2 N–H and O–H groups in total. The molecule has 6 nitrogen and oxygen atoms in total. The number of halogens is 1. The molecule has 2 aromatic heterocycles. The highest BCUT2D eigenvalue weighted by molar-refractivity contribution is 14.1. The number of anilines is 1. The fourth-order valence-electron chi connectivity index (χ4n) is 1.87. The Morgan fingerprint density at radius 2 is 2.28 bits per heavy atom. The maximum atomic E-state index is 5.93. The summed E-state index contributed by atoms with van der Waals surface area (Å²) in [4.78, 5) is 8.33. The molecule has 1 aromatic carbocycles. The van der Waals surface area contributed by atoms with Crippen LogP contribution < -0.4 is 5.73 Å². The summed E-state index contributed by atoms with van der Waals surface area (Å²) in [5.74, 6) is 1.18. The van der Waals surface area contributed by atoms with Crippen molar-refractivity contribution in [3.63, 3.8) is 0 Å². The Kier molecular flexibility index (Phi) is 2.90. The van der Waals surface area contributed by atoms with Crippen LogP contribution in [0.5, 0.6) is 0 Å². The second-order valence-corrected chi connectivity index (χ2v) is 5.10. The third-order valence-corrected chi connectivity index (χ3v) is 3.38. The van der Waals surface area contributed by atoms with Crippen molar-refractivity contribution < 1.29 is 4.52 Å². The van der Waals surface area contributed by atoms with Gasteiger partial charge in [-0.2, -0.15) is 4.98 Å². The van der Waals surface area contributed by atoms with E-state index >= 15 is 0 Å². The van der Waals surface area contributed by atoms with E-state index in [2.05, 4.69) is 37.7 Å². The van der Waals surface area contributed by atoms with Crippen LogP contribution in [0.25, 0.3) is 11.0 Å². The minimum Gasteiger partial charge on any atom is -0.369 e. The van der Waals surface area contributed by atoms with Gasteiger partial charge in [-0.3, -0.25) is 0 Å². The van der Waals surface area contributed by atoms with Gasteiger partial charge in [0.15, 0.2) is 5.82 Å². The highest BCUT2D eigenvalue weighted by atomic mass is 127. The summed E-state index contributed by atoms with van der Waals surface area (Å²) < 4.78 is 7.80. The molecule has 0 amide bonds. The van der Waals surface area contributed by atoms with Crippen LogP contribution in [-0.2, 0) is 13.0 Å². The van der Waals surface area contributed by atoms with Crippen molar-refractivity contribution in [1.29, 1.82) is 0 Å². The molecule has 3 aromatic rings. The molecule has 0 radical (unpaired) electrons. The van der Waals surface area contributed by atoms with Crippen molar-refractivity contribution in [3.05, 3.63) is 34.0 Å². The van der Waals surface area contributed by atoms with Crippen LogP contribution >= 0.6 is 22.6 Å². The first-order valence-electron chi connectivity index (χ1n) is 5.40.